The highest BCUT2D eigenvalue weighted by atomic mass is 35.5. The van der Waals surface area contributed by atoms with E-state index >= 15 is 0 Å². The van der Waals surface area contributed by atoms with Gasteiger partial charge in [-0.3, -0.25) is 14.3 Å². The zero-order valence-corrected chi connectivity index (χ0v) is 16.2. The molecule has 7 nitrogen and oxygen atoms in total. The van der Waals surface area contributed by atoms with Crippen molar-refractivity contribution in [2.45, 2.75) is 44.6 Å². The monoisotopic (exact) mass is 372 g/mol. The number of nitrogens with zero attached hydrogens (tertiary/aromatic N) is 2. The first-order valence-corrected chi connectivity index (χ1v) is 8.52. The van der Waals surface area contributed by atoms with E-state index in [-0.39, 0.29) is 42.5 Å². The van der Waals surface area contributed by atoms with Gasteiger partial charge in [0.05, 0.1) is 25.6 Å². The van der Waals surface area contributed by atoms with Crippen LogP contribution >= 0.6 is 12.4 Å². The maximum atomic E-state index is 12.9. The maximum absolute atomic E-state index is 12.9. The summed E-state index contributed by atoms with van der Waals surface area (Å²) in [5, 5.41) is 10.6. The Hall–Kier alpha value is -1.60. The third-order valence-electron chi connectivity index (χ3n) is 5.16. The first-order chi connectivity index (χ1) is 11.4. The van der Waals surface area contributed by atoms with Crippen molar-refractivity contribution >= 4 is 24.3 Å². The minimum atomic E-state index is -0.549. The average Bonchev–Trinajstić information content (AvgIpc) is 3.22. The number of carbonyl (C=O) groups is 2. The number of hydrogen-bond acceptors (Lipinski definition) is 5. The topological polar surface area (TPSA) is 85.2 Å². The number of carbonyl (C=O) groups excluding carboxylic acids is 2. The summed E-state index contributed by atoms with van der Waals surface area (Å²) in [6.45, 7) is 5.36. The van der Waals surface area contributed by atoms with E-state index in [4.69, 9.17) is 4.74 Å². The molecule has 0 aliphatic carbocycles. The third kappa shape index (κ3) is 4.95. The van der Waals surface area contributed by atoms with Gasteiger partial charge in [-0.1, -0.05) is 13.8 Å². The van der Waals surface area contributed by atoms with Crippen LogP contribution < -0.4 is 10.6 Å². The molecule has 1 fully saturated rings. The minimum Gasteiger partial charge on any atom is -0.469 e. The molecular weight excluding hydrogens is 344 g/mol. The molecule has 1 amide bonds. The van der Waals surface area contributed by atoms with Crippen LogP contribution in [0.15, 0.2) is 12.4 Å². The average molecular weight is 373 g/mol. The number of amides is 1. The summed E-state index contributed by atoms with van der Waals surface area (Å²) in [7, 11) is 3.25. The molecule has 1 aromatic heterocycles. The van der Waals surface area contributed by atoms with E-state index in [9.17, 15) is 9.59 Å². The molecule has 2 rings (SSSR count). The number of ether oxygens (including phenoxy) is 1. The first-order valence-electron chi connectivity index (χ1n) is 8.52. The quantitative estimate of drug-likeness (QED) is 0.706. The van der Waals surface area contributed by atoms with Crippen LogP contribution in [0.5, 0.6) is 0 Å². The summed E-state index contributed by atoms with van der Waals surface area (Å²) in [6.07, 6.45) is 5.34. The Balaban J connectivity index is 0.00000312. The van der Waals surface area contributed by atoms with Gasteiger partial charge >= 0.3 is 5.97 Å². The smallest absolute Gasteiger partial charge is 0.307 e. The molecule has 2 heterocycles. The largest absolute Gasteiger partial charge is 0.469 e. The Kier molecular flexibility index (Phi) is 7.89. The van der Waals surface area contributed by atoms with Crippen LogP contribution in [0.3, 0.4) is 0 Å². The van der Waals surface area contributed by atoms with Gasteiger partial charge in [0.15, 0.2) is 0 Å². The van der Waals surface area contributed by atoms with Crippen LogP contribution in [-0.4, -0.2) is 47.4 Å². The van der Waals surface area contributed by atoms with Crippen molar-refractivity contribution in [3.05, 3.63) is 18.0 Å². The number of aryl methyl sites for hydroxylation is 1. The fraction of sp³-hybridized carbons (Fsp3) is 0.706. The van der Waals surface area contributed by atoms with Crippen molar-refractivity contribution < 1.29 is 14.3 Å². The van der Waals surface area contributed by atoms with Crippen LogP contribution in [-0.2, 0) is 21.4 Å². The molecule has 2 N–H and O–H groups in total. The third-order valence-corrected chi connectivity index (χ3v) is 5.16. The van der Waals surface area contributed by atoms with E-state index in [1.54, 1.807) is 4.68 Å². The zero-order valence-electron chi connectivity index (χ0n) is 15.4. The highest BCUT2D eigenvalue weighted by Gasteiger charge is 2.39. The van der Waals surface area contributed by atoms with Gasteiger partial charge in [-0.25, -0.2) is 0 Å². The van der Waals surface area contributed by atoms with Crippen LogP contribution in [0.4, 0.5) is 0 Å². The lowest BCUT2D eigenvalue weighted by Gasteiger charge is -2.33. The minimum absolute atomic E-state index is 0. The molecule has 1 aliphatic rings. The van der Waals surface area contributed by atoms with Gasteiger partial charge in [0.25, 0.3) is 0 Å². The van der Waals surface area contributed by atoms with Gasteiger partial charge in [0, 0.05) is 37.8 Å². The summed E-state index contributed by atoms with van der Waals surface area (Å²) in [5.41, 5.74) is 0.515. The van der Waals surface area contributed by atoms with E-state index in [1.807, 2.05) is 33.3 Å². The number of halogens is 1. The molecule has 25 heavy (non-hydrogen) atoms. The van der Waals surface area contributed by atoms with Gasteiger partial charge < -0.3 is 15.4 Å². The molecule has 0 bridgehead atoms. The number of hydrogen-bond donors (Lipinski definition) is 2. The summed E-state index contributed by atoms with van der Waals surface area (Å²) >= 11 is 0. The molecule has 1 saturated heterocycles. The second-order valence-electron chi connectivity index (χ2n) is 6.55. The Labute approximate surface area is 155 Å². The molecule has 0 saturated carbocycles. The Morgan fingerprint density at radius 3 is 2.60 bits per heavy atom. The Morgan fingerprint density at radius 1 is 1.40 bits per heavy atom. The lowest BCUT2D eigenvalue weighted by molar-refractivity contribution is -0.143. The second-order valence-corrected chi connectivity index (χ2v) is 6.55. The van der Waals surface area contributed by atoms with E-state index in [0.29, 0.717) is 19.4 Å². The lowest BCUT2D eigenvalue weighted by Crippen LogP contribution is -2.52. The Morgan fingerprint density at radius 2 is 2.08 bits per heavy atom. The van der Waals surface area contributed by atoms with Crippen molar-refractivity contribution in [1.29, 1.82) is 0 Å². The highest BCUT2D eigenvalue weighted by Crippen LogP contribution is 2.29. The molecular formula is C17H29ClN4O3. The van der Waals surface area contributed by atoms with Gasteiger partial charge in [-0.2, -0.15) is 5.10 Å². The zero-order chi connectivity index (χ0) is 17.7. The van der Waals surface area contributed by atoms with Crippen LogP contribution in [0, 0.1) is 5.92 Å². The summed E-state index contributed by atoms with van der Waals surface area (Å²) < 4.78 is 6.55. The van der Waals surface area contributed by atoms with E-state index in [1.165, 1.54) is 7.11 Å². The van der Waals surface area contributed by atoms with Gasteiger partial charge in [-0.15, -0.1) is 12.4 Å². The number of esters is 1. The molecule has 0 aromatic carbocycles. The molecule has 0 radical (unpaired) electrons. The number of aromatic nitrogens is 2. The van der Waals surface area contributed by atoms with E-state index < -0.39 is 5.54 Å². The molecule has 0 spiro atoms. The fourth-order valence-corrected chi connectivity index (χ4v) is 3.36. The lowest BCUT2D eigenvalue weighted by atomic mass is 9.85. The summed E-state index contributed by atoms with van der Waals surface area (Å²) in [6, 6.07) is 0. The Bertz CT molecular complexity index is 586. The number of nitrogens with one attached hydrogen (secondary N) is 2. The summed E-state index contributed by atoms with van der Waals surface area (Å²) in [4.78, 5) is 24.6. The van der Waals surface area contributed by atoms with Crippen LogP contribution in [0.2, 0.25) is 0 Å². The fourth-order valence-electron chi connectivity index (χ4n) is 3.36. The van der Waals surface area contributed by atoms with Crippen molar-refractivity contribution in [3.8, 4) is 0 Å². The predicted molar refractivity (Wildman–Crippen MR) is 97.6 cm³/mol. The standard InChI is InChI=1S/C17H28N4O3.ClH/c1-5-17(6-2,7-15(22)24-4)20-16(23)14-10-18-9-13(14)12-8-19-21(3)11-12;/h8,11,13-14,18H,5-7,9-10H2,1-4H3,(H,20,23);1H/t13-,14+;/m1./s1. The van der Waals surface area contributed by atoms with Crippen molar-refractivity contribution in [2.24, 2.45) is 13.0 Å². The van der Waals surface area contributed by atoms with Gasteiger partial charge in [-0.05, 0) is 18.4 Å². The van der Waals surface area contributed by atoms with Crippen molar-refractivity contribution in [1.82, 2.24) is 20.4 Å². The predicted octanol–water partition coefficient (Wildman–Crippen LogP) is 1.38. The molecule has 8 heteroatoms. The second kappa shape index (κ2) is 9.20. The highest BCUT2D eigenvalue weighted by molar-refractivity contribution is 5.85. The van der Waals surface area contributed by atoms with E-state index in [2.05, 4.69) is 15.7 Å². The van der Waals surface area contributed by atoms with Gasteiger partial charge in [0.1, 0.15) is 0 Å². The molecule has 1 aromatic rings. The van der Waals surface area contributed by atoms with Gasteiger partial charge in [0.2, 0.25) is 5.91 Å². The first kappa shape index (κ1) is 21.4. The molecule has 1 aliphatic heterocycles. The SMILES string of the molecule is CCC(CC)(CC(=O)OC)NC(=O)[C@H]1CNC[C@@H]1c1cnn(C)c1.Cl. The van der Waals surface area contributed by atoms with Crippen molar-refractivity contribution in [3.63, 3.8) is 0 Å². The maximum Gasteiger partial charge on any atom is 0.307 e. The molecule has 142 valence electrons. The normalized spacial score (nSPS) is 20.0. The number of rotatable bonds is 7. The van der Waals surface area contributed by atoms with Crippen molar-refractivity contribution in [2.75, 3.05) is 20.2 Å². The summed E-state index contributed by atoms with van der Waals surface area (Å²) in [5.74, 6) is -0.374. The van der Waals surface area contributed by atoms with Crippen LogP contribution in [0.25, 0.3) is 0 Å². The van der Waals surface area contributed by atoms with Crippen LogP contribution in [0.1, 0.15) is 44.6 Å². The molecule has 2 atom stereocenters. The molecule has 0 unspecified atom stereocenters. The van der Waals surface area contributed by atoms with E-state index in [0.717, 1.165) is 12.1 Å². The number of methoxy groups -OCH3 is 1.